The van der Waals surface area contributed by atoms with Crippen LogP contribution in [0, 0.1) is 20.2 Å². The minimum absolute atomic E-state index is 0.256. The van der Waals surface area contributed by atoms with Gasteiger partial charge >= 0.3 is 11.6 Å². The smallest absolute Gasteiger partial charge is 0.333 e. The Morgan fingerprint density at radius 1 is 1.20 bits per heavy atom. The number of anilines is 1. The highest BCUT2D eigenvalue weighted by atomic mass is 16.6. The van der Waals surface area contributed by atoms with E-state index in [4.69, 9.17) is 0 Å². The molecule has 1 aliphatic rings. The predicted octanol–water partition coefficient (Wildman–Crippen LogP) is -0.114. The lowest BCUT2D eigenvalue weighted by Gasteiger charge is -2.01. The monoisotopic (exact) mass is 341 g/mol. The van der Waals surface area contributed by atoms with E-state index in [-0.39, 0.29) is 10.8 Å². The van der Waals surface area contributed by atoms with Gasteiger partial charge in [-0.3, -0.25) is 25.0 Å². The molecule has 1 aliphatic carbocycles. The summed E-state index contributed by atoms with van der Waals surface area (Å²) in [5.74, 6) is -0.947. The van der Waals surface area contributed by atoms with Gasteiger partial charge in [-0.1, -0.05) is 18.2 Å². The van der Waals surface area contributed by atoms with Gasteiger partial charge in [0.25, 0.3) is 6.04 Å². The Morgan fingerprint density at radius 3 is 2.56 bits per heavy atom. The van der Waals surface area contributed by atoms with Gasteiger partial charge in [0.1, 0.15) is 0 Å². The number of nitrogens with one attached hydrogen (secondary N) is 2. The normalized spacial score (nSPS) is 16.4. The van der Waals surface area contributed by atoms with E-state index in [1.807, 2.05) is 0 Å². The van der Waals surface area contributed by atoms with Crippen LogP contribution >= 0.6 is 0 Å². The summed E-state index contributed by atoms with van der Waals surface area (Å²) in [6.07, 6.45) is 3.97. The largest absolute Gasteiger partial charge is 0.375 e. The quantitative estimate of drug-likeness (QED) is 0.586. The molecular formula is C15H11N5O5. The molecule has 0 spiro atoms. The van der Waals surface area contributed by atoms with E-state index in [1.54, 1.807) is 30.3 Å². The molecule has 0 fully saturated rings. The molecule has 1 amide bonds. The molecule has 2 N–H and O–H groups in total. The second kappa shape index (κ2) is 6.35. The minimum atomic E-state index is -1.06. The van der Waals surface area contributed by atoms with E-state index in [0.29, 0.717) is 11.4 Å². The van der Waals surface area contributed by atoms with E-state index >= 15 is 0 Å². The number of hydrogen-bond donors (Lipinski definition) is 2. The predicted molar refractivity (Wildman–Crippen MR) is 87.6 cm³/mol. The Balaban J connectivity index is 2.05. The van der Waals surface area contributed by atoms with Crippen molar-refractivity contribution in [1.82, 2.24) is 9.97 Å². The lowest BCUT2D eigenvalue weighted by Crippen LogP contribution is -2.29. The van der Waals surface area contributed by atoms with Crippen molar-refractivity contribution in [2.24, 2.45) is 0 Å². The number of aromatic nitrogens is 2. The molecule has 0 saturated carbocycles. The third-order valence-corrected chi connectivity index (χ3v) is 3.45. The Morgan fingerprint density at radius 2 is 1.92 bits per heavy atom. The molecule has 1 aromatic carbocycles. The molecule has 1 heterocycles. The van der Waals surface area contributed by atoms with Gasteiger partial charge in [0, 0.05) is 16.7 Å². The van der Waals surface area contributed by atoms with Crippen LogP contribution in [0.25, 0.3) is 17.8 Å². The van der Waals surface area contributed by atoms with Gasteiger partial charge in [-0.15, -0.1) is 0 Å². The fourth-order valence-electron chi connectivity index (χ4n) is 2.30. The summed E-state index contributed by atoms with van der Waals surface area (Å²) in [6, 6.07) is 7.19. The molecule has 1 aromatic heterocycles. The maximum atomic E-state index is 12.3. The van der Waals surface area contributed by atoms with Crippen LogP contribution in [0.2, 0.25) is 0 Å². The number of benzene rings is 1. The van der Waals surface area contributed by atoms with Crippen molar-refractivity contribution in [3.05, 3.63) is 73.2 Å². The number of aromatic amines is 1. The summed E-state index contributed by atoms with van der Waals surface area (Å²) in [5, 5.41) is 24.8. The summed E-state index contributed by atoms with van der Waals surface area (Å²) in [5.41, 5.74) is -0.367. The van der Waals surface area contributed by atoms with Crippen molar-refractivity contribution >= 4 is 29.4 Å². The van der Waals surface area contributed by atoms with Gasteiger partial charge in [0.05, 0.1) is 16.0 Å². The van der Waals surface area contributed by atoms with Crippen LogP contribution in [-0.2, 0) is 4.79 Å². The lowest BCUT2D eigenvalue weighted by molar-refractivity contribution is -0.491. The number of imidazole rings is 1. The molecule has 3 rings (SSSR count). The summed E-state index contributed by atoms with van der Waals surface area (Å²) < 4.78 is 0. The molecule has 10 heteroatoms. The number of carbonyl (C=O) groups excluding carboxylic acids is 1. The molecule has 0 aliphatic heterocycles. The first-order valence-corrected chi connectivity index (χ1v) is 7.10. The van der Waals surface area contributed by atoms with Crippen LogP contribution in [0.4, 0.5) is 5.69 Å². The number of rotatable bonds is 4. The topological polar surface area (TPSA) is 144 Å². The molecule has 10 nitrogen and oxygen atoms in total. The number of para-hydroxylation sites is 1. The maximum Gasteiger partial charge on any atom is 0.375 e. The first kappa shape index (κ1) is 16.1. The van der Waals surface area contributed by atoms with Crippen LogP contribution < -0.4 is 16.1 Å². The number of nitrogens with zero attached hydrogens (tertiary/aromatic N) is 3. The van der Waals surface area contributed by atoms with Gasteiger partial charge in [0.15, 0.2) is 0 Å². The van der Waals surface area contributed by atoms with E-state index in [0.717, 1.165) is 0 Å². The summed E-state index contributed by atoms with van der Waals surface area (Å²) in [6.45, 7) is 0. The van der Waals surface area contributed by atoms with Gasteiger partial charge in [-0.2, -0.15) is 0 Å². The molecule has 126 valence electrons. The number of carbonyl (C=O) groups is 1. The highest BCUT2D eigenvalue weighted by Gasteiger charge is 2.26. The Hall–Kier alpha value is -3.82. The minimum Gasteiger partial charge on any atom is -0.333 e. The molecule has 0 bridgehead atoms. The SMILES string of the molecule is O=C(Nc1ccccc1)/C(=c1\nc2c([nH]1)=CC([N+](=O)[O-])C=C2)[N+](=O)[O-]. The second-order valence-electron chi connectivity index (χ2n) is 5.11. The number of amides is 1. The zero-order valence-corrected chi connectivity index (χ0v) is 12.6. The first-order valence-electron chi connectivity index (χ1n) is 7.10. The van der Waals surface area contributed by atoms with E-state index < -0.39 is 27.5 Å². The zero-order valence-electron chi connectivity index (χ0n) is 12.6. The van der Waals surface area contributed by atoms with Gasteiger partial charge in [-0.25, -0.2) is 4.98 Å². The van der Waals surface area contributed by atoms with Crippen LogP contribution in [0.3, 0.4) is 0 Å². The summed E-state index contributed by atoms with van der Waals surface area (Å²) in [4.78, 5) is 39.7. The second-order valence-corrected chi connectivity index (χ2v) is 5.11. The fraction of sp³-hybridized carbons (Fsp3) is 0.0667. The van der Waals surface area contributed by atoms with Crippen molar-refractivity contribution in [3.63, 3.8) is 0 Å². The van der Waals surface area contributed by atoms with Crippen molar-refractivity contribution in [1.29, 1.82) is 0 Å². The lowest BCUT2D eigenvalue weighted by atomic mass is 10.1. The summed E-state index contributed by atoms with van der Waals surface area (Å²) >= 11 is 0. The van der Waals surface area contributed by atoms with Gasteiger partial charge in [-0.05, 0) is 24.3 Å². The Bertz CT molecular complexity index is 1010. The number of H-pyrrole nitrogens is 1. The molecule has 0 saturated heterocycles. The van der Waals surface area contributed by atoms with Crippen LogP contribution in [0.15, 0.2) is 36.4 Å². The average molecular weight is 341 g/mol. The van der Waals surface area contributed by atoms with E-state index in [2.05, 4.69) is 15.3 Å². The van der Waals surface area contributed by atoms with Crippen LogP contribution in [0.1, 0.15) is 5.69 Å². The Kier molecular flexibility index (Phi) is 4.08. The fourth-order valence-corrected chi connectivity index (χ4v) is 2.30. The molecule has 1 atom stereocenters. The molecular weight excluding hydrogens is 330 g/mol. The first-order chi connectivity index (χ1) is 12.0. The van der Waals surface area contributed by atoms with Crippen LogP contribution in [-0.4, -0.2) is 31.8 Å². The number of fused-ring (bicyclic) bond motifs is 1. The molecule has 2 aromatic rings. The zero-order chi connectivity index (χ0) is 18.0. The van der Waals surface area contributed by atoms with Crippen molar-refractivity contribution in [2.75, 3.05) is 5.32 Å². The van der Waals surface area contributed by atoms with E-state index in [1.165, 1.54) is 18.2 Å². The van der Waals surface area contributed by atoms with Crippen molar-refractivity contribution < 1.29 is 14.6 Å². The molecule has 25 heavy (non-hydrogen) atoms. The average Bonchev–Trinajstić information content (AvgIpc) is 2.97. The van der Waals surface area contributed by atoms with Crippen molar-refractivity contribution in [2.45, 2.75) is 6.04 Å². The van der Waals surface area contributed by atoms with Crippen molar-refractivity contribution in [3.8, 4) is 0 Å². The standard InChI is InChI=1S/C15H11N5O5/c21-15(16-9-4-2-1-3-5-9)13(20(24)25)14-17-11-7-6-10(19(22)23)8-12(11)18-14/h1-8,10,18H,(H,16,21)/b14-13-. The highest BCUT2D eigenvalue weighted by Crippen LogP contribution is 2.08. The van der Waals surface area contributed by atoms with Gasteiger partial charge in [0.2, 0.25) is 5.48 Å². The number of hydrogen-bond acceptors (Lipinski definition) is 6. The van der Waals surface area contributed by atoms with Crippen LogP contribution in [0.5, 0.6) is 0 Å². The maximum absolute atomic E-state index is 12.3. The molecule has 1 unspecified atom stereocenters. The summed E-state index contributed by atoms with van der Waals surface area (Å²) in [7, 11) is 0. The third kappa shape index (κ3) is 3.27. The van der Waals surface area contributed by atoms with Gasteiger partial charge < -0.3 is 10.3 Å². The Labute approximate surface area is 139 Å². The number of nitro groups is 2. The third-order valence-electron chi connectivity index (χ3n) is 3.45. The highest BCUT2D eigenvalue weighted by molar-refractivity contribution is 6.16. The molecule has 0 radical (unpaired) electrons. The van der Waals surface area contributed by atoms with E-state index in [9.17, 15) is 25.0 Å².